The van der Waals surface area contributed by atoms with Gasteiger partial charge in [0.2, 0.25) is 0 Å². The number of hydrogen-bond donors (Lipinski definition) is 3. The van der Waals surface area contributed by atoms with E-state index in [2.05, 4.69) is 10.3 Å². The van der Waals surface area contributed by atoms with Crippen LogP contribution < -0.4 is 11.1 Å². The van der Waals surface area contributed by atoms with E-state index in [9.17, 15) is 9.90 Å². The van der Waals surface area contributed by atoms with E-state index < -0.39 is 17.5 Å². The zero-order chi connectivity index (χ0) is 18.4. The number of nitrogens with zero attached hydrogens (tertiary/aromatic N) is 1. The highest BCUT2D eigenvalue weighted by molar-refractivity contribution is 7.51. The van der Waals surface area contributed by atoms with Crippen LogP contribution in [0.3, 0.4) is 0 Å². The number of amides is 1. The number of aromatic hydroxyl groups is 1. The van der Waals surface area contributed by atoms with Gasteiger partial charge in [0.15, 0.2) is 0 Å². The molecule has 0 fully saturated rings. The first-order valence-electron chi connectivity index (χ1n) is 7.13. The Balaban J connectivity index is 0.000000701. The molecule has 0 spiro atoms. The molecule has 1 amide bonds. The fraction of sp³-hybridized carbons (Fsp3) is 0.0588. The van der Waals surface area contributed by atoms with Crippen molar-refractivity contribution in [2.45, 2.75) is 6.92 Å². The summed E-state index contributed by atoms with van der Waals surface area (Å²) in [6.45, 7) is 1.97. The van der Waals surface area contributed by atoms with Crippen molar-refractivity contribution >= 4 is 39.8 Å². The minimum atomic E-state index is -0.750. The Morgan fingerprint density at radius 1 is 1.20 bits per heavy atom. The van der Waals surface area contributed by atoms with Gasteiger partial charge in [0, 0.05) is 23.3 Å². The lowest BCUT2D eigenvalue weighted by Crippen LogP contribution is -2.14. The number of nitrogens with two attached hydrogens (primary N) is 1. The number of nitrogens with one attached hydrogen (secondary N) is 1. The summed E-state index contributed by atoms with van der Waals surface area (Å²) in [6.07, 6.45) is 1.46. The van der Waals surface area contributed by atoms with Gasteiger partial charge in [0.05, 0.1) is 16.8 Å². The predicted molar refractivity (Wildman–Crippen MR) is 95.3 cm³/mol. The topological polar surface area (TPSA) is 122 Å². The molecule has 0 atom stereocenters. The fourth-order valence-corrected chi connectivity index (χ4v) is 2.36. The van der Waals surface area contributed by atoms with Gasteiger partial charge < -0.3 is 16.2 Å². The lowest BCUT2D eigenvalue weighted by atomic mass is 10.1. The molecule has 0 saturated carbocycles. The number of rotatable bonds is 3. The lowest BCUT2D eigenvalue weighted by Gasteiger charge is -2.13. The summed E-state index contributed by atoms with van der Waals surface area (Å²) < 4.78 is 16.6. The zero-order valence-corrected chi connectivity index (χ0v) is 14.0. The molecule has 25 heavy (non-hydrogen) atoms. The van der Waals surface area contributed by atoms with E-state index in [0.29, 0.717) is 16.9 Å². The quantitative estimate of drug-likeness (QED) is 0.661. The largest absolute Gasteiger partial charge is 0.508 e. The highest BCUT2D eigenvalue weighted by Crippen LogP contribution is 2.30. The van der Waals surface area contributed by atoms with Crippen LogP contribution in [0, 0.1) is 6.92 Å². The van der Waals surface area contributed by atoms with Gasteiger partial charge in [0.1, 0.15) is 5.75 Å². The molecule has 1 heterocycles. The van der Waals surface area contributed by atoms with Crippen LogP contribution in [-0.2, 0) is 11.6 Å². The minimum Gasteiger partial charge on any atom is -0.508 e. The summed E-state index contributed by atoms with van der Waals surface area (Å²) in [7, 11) is 0. The lowest BCUT2D eigenvalue weighted by molar-refractivity contribution is 0.100. The van der Waals surface area contributed by atoms with Crippen LogP contribution in [-0.4, -0.2) is 24.4 Å². The number of primary amides is 1. The predicted octanol–water partition coefficient (Wildman–Crippen LogP) is 2.42. The van der Waals surface area contributed by atoms with E-state index in [1.54, 1.807) is 24.3 Å². The third kappa shape index (κ3) is 4.39. The highest BCUT2D eigenvalue weighted by atomic mass is 32.1. The molecule has 7 nitrogen and oxygen atoms in total. The number of aryl methyl sites for hydroxylation is 1. The Morgan fingerprint density at radius 3 is 2.56 bits per heavy atom. The van der Waals surface area contributed by atoms with Crippen LogP contribution >= 0.6 is 0 Å². The van der Waals surface area contributed by atoms with Crippen LogP contribution in [0.1, 0.15) is 15.9 Å². The minimum absolute atomic E-state index is 0.139. The molecule has 3 rings (SSSR count). The molecule has 8 heteroatoms. The van der Waals surface area contributed by atoms with Crippen molar-refractivity contribution in [2.75, 3.05) is 5.32 Å². The van der Waals surface area contributed by atoms with Gasteiger partial charge >= 0.3 is 11.6 Å². The summed E-state index contributed by atoms with van der Waals surface area (Å²) in [5, 5.41) is 13.6. The van der Waals surface area contributed by atoms with Crippen molar-refractivity contribution in [3.63, 3.8) is 0 Å². The van der Waals surface area contributed by atoms with Gasteiger partial charge in [0.25, 0.3) is 5.91 Å². The Bertz CT molecular complexity index is 969. The SMILES string of the molecule is Cc1ccc2ncc(C(N)=O)c(Nc3cccc(O)c3)c2c1.O=S=O. The van der Waals surface area contributed by atoms with Gasteiger partial charge in [-0.25, -0.2) is 0 Å². The Labute approximate surface area is 147 Å². The molecule has 0 saturated heterocycles. The summed E-state index contributed by atoms with van der Waals surface area (Å²) in [4.78, 5) is 16.0. The van der Waals surface area contributed by atoms with Gasteiger partial charge in [-0.15, -0.1) is 0 Å². The summed E-state index contributed by atoms with van der Waals surface area (Å²) in [5.41, 5.74) is 8.83. The number of phenolic OH excluding ortho intramolecular Hbond substituents is 1. The number of pyridine rings is 1. The third-order valence-corrected chi connectivity index (χ3v) is 3.40. The first kappa shape index (κ1) is 18.1. The molecule has 4 N–H and O–H groups in total. The molecule has 0 radical (unpaired) electrons. The van der Waals surface area contributed by atoms with Crippen LogP contribution in [0.4, 0.5) is 11.4 Å². The average molecular weight is 357 g/mol. The van der Waals surface area contributed by atoms with Gasteiger partial charge in [-0.1, -0.05) is 17.7 Å². The van der Waals surface area contributed by atoms with Crippen molar-refractivity contribution in [3.05, 3.63) is 59.8 Å². The first-order valence-corrected chi connectivity index (χ1v) is 7.80. The maximum absolute atomic E-state index is 11.7. The maximum atomic E-state index is 11.7. The van der Waals surface area contributed by atoms with Crippen molar-refractivity contribution in [1.82, 2.24) is 4.98 Å². The molecule has 0 aliphatic carbocycles. The smallest absolute Gasteiger partial charge is 0.335 e. The number of anilines is 2. The van der Waals surface area contributed by atoms with Crippen molar-refractivity contribution in [1.29, 1.82) is 0 Å². The summed E-state index contributed by atoms with van der Waals surface area (Å²) in [6, 6.07) is 12.5. The Morgan fingerprint density at radius 2 is 1.92 bits per heavy atom. The maximum Gasteiger partial charge on any atom is 0.335 e. The molecule has 0 aliphatic heterocycles. The Kier molecular flexibility index (Phi) is 5.80. The second-order valence-corrected chi connectivity index (χ2v) is 5.31. The molecule has 1 aromatic heterocycles. The van der Waals surface area contributed by atoms with Gasteiger partial charge in [-0.05, 0) is 31.2 Å². The normalized spacial score (nSPS) is 9.80. The van der Waals surface area contributed by atoms with E-state index in [1.165, 1.54) is 6.20 Å². The average Bonchev–Trinajstić information content (AvgIpc) is 2.56. The number of carbonyl (C=O) groups is 1. The van der Waals surface area contributed by atoms with Crippen molar-refractivity contribution in [3.8, 4) is 5.75 Å². The number of benzene rings is 2. The van der Waals surface area contributed by atoms with E-state index in [-0.39, 0.29) is 5.75 Å². The van der Waals surface area contributed by atoms with E-state index in [0.717, 1.165) is 16.5 Å². The molecule has 3 aromatic rings. The number of fused-ring (bicyclic) bond motifs is 1. The summed E-state index contributed by atoms with van der Waals surface area (Å²) >= 11 is -0.750. The monoisotopic (exact) mass is 357 g/mol. The standard InChI is InChI=1S/C17H15N3O2.O2S/c1-10-5-6-15-13(7-10)16(14(9-19-15)17(18)22)20-11-3-2-4-12(21)8-11;1-3-2/h2-9,21H,1H3,(H2,18,22)(H,19,20);. The molecule has 0 aliphatic rings. The van der Waals surface area contributed by atoms with Crippen LogP contribution in [0.5, 0.6) is 5.75 Å². The molecular formula is C17H15N3O4S. The van der Waals surface area contributed by atoms with Gasteiger partial charge in [-0.2, -0.15) is 8.42 Å². The van der Waals surface area contributed by atoms with Gasteiger partial charge in [-0.3, -0.25) is 9.78 Å². The second kappa shape index (κ2) is 8.02. The van der Waals surface area contributed by atoms with E-state index in [4.69, 9.17) is 14.2 Å². The highest BCUT2D eigenvalue weighted by Gasteiger charge is 2.14. The number of phenols is 1. The number of carbonyl (C=O) groups excluding carboxylic acids is 1. The number of aromatic nitrogens is 1. The van der Waals surface area contributed by atoms with Crippen LogP contribution in [0.25, 0.3) is 10.9 Å². The molecule has 0 unspecified atom stereocenters. The molecule has 0 bridgehead atoms. The fourth-order valence-electron chi connectivity index (χ4n) is 2.36. The van der Waals surface area contributed by atoms with Crippen molar-refractivity contribution in [2.24, 2.45) is 5.73 Å². The zero-order valence-electron chi connectivity index (χ0n) is 13.2. The summed E-state index contributed by atoms with van der Waals surface area (Å²) in [5.74, 6) is -0.418. The second-order valence-electron chi connectivity index (χ2n) is 5.18. The Hall–Kier alpha value is -3.26. The van der Waals surface area contributed by atoms with E-state index in [1.807, 2.05) is 25.1 Å². The van der Waals surface area contributed by atoms with E-state index >= 15 is 0 Å². The van der Waals surface area contributed by atoms with Crippen molar-refractivity contribution < 1.29 is 18.3 Å². The first-order chi connectivity index (χ1) is 12.0. The molecule has 2 aromatic carbocycles. The molecule has 128 valence electrons. The van der Waals surface area contributed by atoms with Crippen LogP contribution in [0.15, 0.2) is 48.7 Å². The van der Waals surface area contributed by atoms with Crippen LogP contribution in [0.2, 0.25) is 0 Å². The number of hydrogen-bond acceptors (Lipinski definition) is 6. The molecular weight excluding hydrogens is 342 g/mol. The third-order valence-electron chi connectivity index (χ3n) is 3.40.